The van der Waals surface area contributed by atoms with E-state index in [-0.39, 0.29) is 29.1 Å². The number of methoxy groups -OCH3 is 1. The van der Waals surface area contributed by atoms with Crippen molar-refractivity contribution in [1.29, 1.82) is 5.26 Å². The average molecular weight is 309 g/mol. The first-order valence-electron chi connectivity index (χ1n) is 6.58. The zero-order chi connectivity index (χ0) is 15.5. The lowest BCUT2D eigenvalue weighted by Gasteiger charge is -2.13. The second kappa shape index (κ2) is 6.35. The summed E-state index contributed by atoms with van der Waals surface area (Å²) in [6.45, 7) is 0. The molecule has 0 spiro atoms. The van der Waals surface area contributed by atoms with Gasteiger partial charge in [-0.1, -0.05) is 6.07 Å². The van der Waals surface area contributed by atoms with E-state index in [2.05, 4.69) is 4.74 Å². The third-order valence-electron chi connectivity index (χ3n) is 3.67. The Morgan fingerprint density at radius 1 is 1.52 bits per heavy atom. The van der Waals surface area contributed by atoms with Crippen LogP contribution in [0.5, 0.6) is 0 Å². The minimum atomic E-state index is -1.25. The van der Waals surface area contributed by atoms with Gasteiger partial charge in [0.15, 0.2) is 0 Å². The van der Waals surface area contributed by atoms with E-state index in [1.165, 1.54) is 19.2 Å². The number of nitriles is 1. The van der Waals surface area contributed by atoms with Gasteiger partial charge < -0.3 is 4.74 Å². The van der Waals surface area contributed by atoms with Gasteiger partial charge in [-0.2, -0.15) is 5.26 Å². The molecule has 6 heteroatoms. The smallest absolute Gasteiger partial charge is 0.306 e. The highest BCUT2D eigenvalue weighted by molar-refractivity contribution is 7.84. The normalized spacial score (nSPS) is 16.8. The molecule has 0 aromatic heterocycles. The highest BCUT2D eigenvalue weighted by atomic mass is 32.2. The third kappa shape index (κ3) is 4.11. The predicted molar refractivity (Wildman–Crippen MR) is 76.1 cm³/mol. The number of hydrogen-bond acceptors (Lipinski definition) is 4. The quantitative estimate of drug-likeness (QED) is 0.756. The van der Waals surface area contributed by atoms with Crippen LogP contribution in [0.4, 0.5) is 4.39 Å². The van der Waals surface area contributed by atoms with Crippen LogP contribution in [0, 0.1) is 22.6 Å². The average Bonchev–Trinajstić information content (AvgIpc) is 3.19. The van der Waals surface area contributed by atoms with Crippen LogP contribution in [0.2, 0.25) is 0 Å². The largest absolute Gasteiger partial charge is 0.469 e. The first-order valence-corrected chi connectivity index (χ1v) is 8.07. The van der Waals surface area contributed by atoms with E-state index in [1.807, 2.05) is 6.07 Å². The maximum Gasteiger partial charge on any atom is 0.306 e. The van der Waals surface area contributed by atoms with E-state index >= 15 is 0 Å². The second-order valence-corrected chi connectivity index (χ2v) is 6.86. The Labute approximate surface area is 125 Å². The van der Waals surface area contributed by atoms with Crippen LogP contribution in [-0.4, -0.2) is 23.0 Å². The molecule has 0 aliphatic heterocycles. The molecular formula is C15H16FNO3S. The Morgan fingerprint density at radius 3 is 2.76 bits per heavy atom. The Bertz CT molecular complexity index is 620. The highest BCUT2D eigenvalue weighted by Gasteiger charge is 2.45. The van der Waals surface area contributed by atoms with Gasteiger partial charge in [-0.15, -0.1) is 0 Å². The van der Waals surface area contributed by atoms with Gasteiger partial charge in [0, 0.05) is 22.1 Å². The highest BCUT2D eigenvalue weighted by Crippen LogP contribution is 2.49. The van der Waals surface area contributed by atoms with Gasteiger partial charge in [-0.3, -0.25) is 9.00 Å². The van der Waals surface area contributed by atoms with Gasteiger partial charge >= 0.3 is 5.97 Å². The molecule has 1 aromatic carbocycles. The number of ether oxygens (including phenoxy) is 1. The van der Waals surface area contributed by atoms with Crippen LogP contribution in [0.15, 0.2) is 18.2 Å². The zero-order valence-corrected chi connectivity index (χ0v) is 12.5. The van der Waals surface area contributed by atoms with E-state index in [0.717, 1.165) is 18.9 Å². The van der Waals surface area contributed by atoms with E-state index in [0.29, 0.717) is 11.3 Å². The fourth-order valence-electron chi connectivity index (χ4n) is 2.23. The molecule has 0 N–H and O–H groups in total. The van der Waals surface area contributed by atoms with Crippen molar-refractivity contribution in [2.45, 2.75) is 25.0 Å². The fourth-order valence-corrected chi connectivity index (χ4v) is 3.98. The molecule has 112 valence electrons. The van der Waals surface area contributed by atoms with E-state index in [1.54, 1.807) is 0 Å². The first-order chi connectivity index (χ1) is 9.98. The lowest BCUT2D eigenvalue weighted by Crippen LogP contribution is -2.18. The van der Waals surface area contributed by atoms with Gasteiger partial charge in [0.1, 0.15) is 5.82 Å². The van der Waals surface area contributed by atoms with E-state index < -0.39 is 16.6 Å². The molecule has 0 heterocycles. The van der Waals surface area contributed by atoms with Crippen molar-refractivity contribution >= 4 is 16.8 Å². The molecule has 1 atom stereocenters. The molecule has 0 saturated heterocycles. The monoisotopic (exact) mass is 309 g/mol. The third-order valence-corrected chi connectivity index (χ3v) is 5.24. The molecule has 1 aliphatic carbocycles. The molecule has 1 fully saturated rings. The summed E-state index contributed by atoms with van der Waals surface area (Å²) in [5.41, 5.74) is 0.341. The topological polar surface area (TPSA) is 67.2 Å². The molecule has 1 unspecified atom stereocenters. The lowest BCUT2D eigenvalue weighted by atomic mass is 10.1. The molecule has 2 rings (SSSR count). The number of carbonyl (C=O) groups excluding carboxylic acids is 1. The molecular weight excluding hydrogens is 293 g/mol. The number of halogens is 1. The maximum atomic E-state index is 13.8. The van der Waals surface area contributed by atoms with Crippen LogP contribution in [0.1, 0.15) is 30.4 Å². The SMILES string of the molecule is COC(=O)CC1(CS(=O)Cc2ccc(C#N)cc2F)CC1. The van der Waals surface area contributed by atoms with Gasteiger partial charge in [-0.25, -0.2) is 4.39 Å². The van der Waals surface area contributed by atoms with Crippen molar-refractivity contribution in [2.75, 3.05) is 12.9 Å². The van der Waals surface area contributed by atoms with Crippen molar-refractivity contribution in [3.63, 3.8) is 0 Å². The summed E-state index contributed by atoms with van der Waals surface area (Å²) in [5.74, 6) is -0.337. The summed E-state index contributed by atoms with van der Waals surface area (Å²) >= 11 is 0. The second-order valence-electron chi connectivity index (χ2n) is 5.40. The Morgan fingerprint density at radius 2 is 2.24 bits per heavy atom. The number of benzene rings is 1. The predicted octanol–water partition coefficient (Wildman–Crippen LogP) is 2.29. The Hall–Kier alpha value is -1.74. The summed E-state index contributed by atoms with van der Waals surface area (Å²) in [4.78, 5) is 11.3. The molecule has 1 saturated carbocycles. The summed E-state index contributed by atoms with van der Waals surface area (Å²) in [5, 5.41) is 8.68. The van der Waals surface area contributed by atoms with Gasteiger partial charge in [0.2, 0.25) is 0 Å². The first kappa shape index (κ1) is 15.6. The van der Waals surface area contributed by atoms with E-state index in [4.69, 9.17) is 5.26 Å². The number of nitrogens with zero attached hydrogens (tertiary/aromatic N) is 1. The summed E-state index contributed by atoms with van der Waals surface area (Å²) in [7, 11) is 0.0889. The van der Waals surface area contributed by atoms with Crippen molar-refractivity contribution < 1.29 is 18.1 Å². The number of esters is 1. The Kier molecular flexibility index (Phi) is 4.73. The molecule has 1 aromatic rings. The van der Waals surface area contributed by atoms with Crippen molar-refractivity contribution in [3.05, 3.63) is 35.1 Å². The Balaban J connectivity index is 1.96. The van der Waals surface area contributed by atoms with Gasteiger partial charge in [0.25, 0.3) is 0 Å². The lowest BCUT2D eigenvalue weighted by molar-refractivity contribution is -0.141. The standard InChI is InChI=1S/C15H16FNO3S/c1-20-14(18)7-15(4-5-15)10-21(19)9-12-3-2-11(8-17)6-13(12)16/h2-3,6H,4-5,7,9-10H2,1H3. The van der Waals surface area contributed by atoms with Gasteiger partial charge in [0.05, 0.1) is 30.9 Å². The van der Waals surface area contributed by atoms with Crippen LogP contribution in [0.25, 0.3) is 0 Å². The van der Waals surface area contributed by atoms with Crippen molar-refractivity contribution in [2.24, 2.45) is 5.41 Å². The van der Waals surface area contributed by atoms with Crippen LogP contribution in [-0.2, 0) is 26.1 Å². The molecule has 0 amide bonds. The van der Waals surface area contributed by atoms with Crippen molar-refractivity contribution in [1.82, 2.24) is 0 Å². The summed E-state index contributed by atoms with van der Waals surface area (Å²) < 4.78 is 30.6. The minimum absolute atomic E-state index is 0.0977. The molecule has 1 aliphatic rings. The summed E-state index contributed by atoms with van der Waals surface area (Å²) in [6, 6.07) is 6.01. The number of carbonyl (C=O) groups is 1. The van der Waals surface area contributed by atoms with E-state index in [9.17, 15) is 13.4 Å². The number of hydrogen-bond donors (Lipinski definition) is 0. The maximum absolute atomic E-state index is 13.8. The van der Waals surface area contributed by atoms with Crippen LogP contribution >= 0.6 is 0 Å². The zero-order valence-electron chi connectivity index (χ0n) is 11.7. The minimum Gasteiger partial charge on any atom is -0.469 e. The molecule has 0 bridgehead atoms. The number of rotatable bonds is 6. The van der Waals surface area contributed by atoms with Crippen molar-refractivity contribution in [3.8, 4) is 6.07 Å². The molecule has 0 radical (unpaired) electrons. The van der Waals surface area contributed by atoms with Crippen LogP contribution < -0.4 is 0 Å². The van der Waals surface area contributed by atoms with Crippen LogP contribution in [0.3, 0.4) is 0 Å². The molecule has 4 nitrogen and oxygen atoms in total. The summed E-state index contributed by atoms with van der Waals surface area (Å²) in [6.07, 6.45) is 1.97. The molecule has 21 heavy (non-hydrogen) atoms. The fraction of sp³-hybridized carbons (Fsp3) is 0.467. The van der Waals surface area contributed by atoms with Gasteiger partial charge in [-0.05, 0) is 30.4 Å².